The highest BCUT2D eigenvalue weighted by atomic mass is 16.4. The number of carboxylic acid groups (broad SMARTS) is 1. The molecular formula is C16H23N3O3. The number of aliphatic carboxylic acids is 1. The Labute approximate surface area is 130 Å². The van der Waals surface area contributed by atoms with Crippen molar-refractivity contribution in [2.24, 2.45) is 0 Å². The molecule has 0 saturated carbocycles. The van der Waals surface area contributed by atoms with Crippen molar-refractivity contribution in [3.63, 3.8) is 0 Å². The number of anilines is 1. The molecule has 0 bridgehead atoms. The van der Waals surface area contributed by atoms with Gasteiger partial charge in [-0.05, 0) is 37.8 Å². The van der Waals surface area contributed by atoms with Crippen molar-refractivity contribution >= 4 is 17.7 Å². The van der Waals surface area contributed by atoms with E-state index in [-0.39, 0.29) is 18.4 Å². The average molecular weight is 305 g/mol. The summed E-state index contributed by atoms with van der Waals surface area (Å²) in [7, 11) is 3.76. The summed E-state index contributed by atoms with van der Waals surface area (Å²) in [6.45, 7) is 0.697. The van der Waals surface area contributed by atoms with Crippen molar-refractivity contribution in [2.45, 2.75) is 38.1 Å². The third-order valence-electron chi connectivity index (χ3n) is 4.03. The molecule has 1 atom stereocenters. The Hall–Kier alpha value is -2.11. The van der Waals surface area contributed by atoms with E-state index in [1.54, 1.807) is 18.3 Å². The van der Waals surface area contributed by atoms with Gasteiger partial charge in [0.2, 0.25) is 0 Å². The third-order valence-corrected chi connectivity index (χ3v) is 4.03. The maximum atomic E-state index is 12.8. The van der Waals surface area contributed by atoms with E-state index in [2.05, 4.69) is 4.98 Å². The van der Waals surface area contributed by atoms with Gasteiger partial charge in [-0.15, -0.1) is 0 Å². The highest BCUT2D eigenvalue weighted by Crippen LogP contribution is 2.23. The number of hydrogen-bond acceptors (Lipinski definition) is 4. The molecule has 1 aromatic heterocycles. The number of carboxylic acids is 1. The fourth-order valence-corrected chi connectivity index (χ4v) is 2.82. The van der Waals surface area contributed by atoms with Crippen molar-refractivity contribution in [2.75, 3.05) is 25.5 Å². The number of carbonyl (C=O) groups excluding carboxylic acids is 1. The summed E-state index contributed by atoms with van der Waals surface area (Å²) in [5, 5.41) is 8.87. The molecule has 1 amide bonds. The lowest BCUT2D eigenvalue weighted by Crippen LogP contribution is -2.44. The molecule has 6 heteroatoms. The van der Waals surface area contributed by atoms with Crippen molar-refractivity contribution in [1.82, 2.24) is 9.88 Å². The van der Waals surface area contributed by atoms with Gasteiger partial charge in [-0.2, -0.15) is 0 Å². The van der Waals surface area contributed by atoms with E-state index in [4.69, 9.17) is 5.11 Å². The normalized spacial score (nSPS) is 18.1. The molecule has 1 aliphatic rings. The second-order valence-electron chi connectivity index (χ2n) is 5.88. The number of piperidine rings is 1. The van der Waals surface area contributed by atoms with Crippen LogP contribution in [0.15, 0.2) is 18.3 Å². The lowest BCUT2D eigenvalue weighted by molar-refractivity contribution is -0.137. The van der Waals surface area contributed by atoms with Crippen molar-refractivity contribution in [3.05, 3.63) is 23.9 Å². The van der Waals surface area contributed by atoms with Crippen molar-refractivity contribution in [3.8, 4) is 0 Å². The quantitative estimate of drug-likeness (QED) is 0.900. The van der Waals surface area contributed by atoms with Gasteiger partial charge in [-0.1, -0.05) is 0 Å². The zero-order valence-electron chi connectivity index (χ0n) is 13.2. The van der Waals surface area contributed by atoms with E-state index < -0.39 is 5.97 Å². The van der Waals surface area contributed by atoms with Crippen LogP contribution in [0.2, 0.25) is 0 Å². The van der Waals surface area contributed by atoms with Gasteiger partial charge in [0.1, 0.15) is 5.82 Å². The van der Waals surface area contributed by atoms with E-state index in [1.165, 1.54) is 0 Å². The van der Waals surface area contributed by atoms with Crippen LogP contribution in [0.5, 0.6) is 0 Å². The largest absolute Gasteiger partial charge is 0.481 e. The van der Waals surface area contributed by atoms with Gasteiger partial charge < -0.3 is 14.9 Å². The second-order valence-corrected chi connectivity index (χ2v) is 5.88. The molecule has 1 unspecified atom stereocenters. The van der Waals surface area contributed by atoms with E-state index in [1.807, 2.05) is 23.9 Å². The molecule has 1 aliphatic heterocycles. The number of hydrogen-bond donors (Lipinski definition) is 1. The summed E-state index contributed by atoms with van der Waals surface area (Å²) < 4.78 is 0. The Morgan fingerprint density at radius 2 is 2.18 bits per heavy atom. The Morgan fingerprint density at radius 1 is 1.41 bits per heavy atom. The summed E-state index contributed by atoms with van der Waals surface area (Å²) in [6, 6.07) is 3.52. The Bertz CT molecular complexity index is 545. The molecule has 1 saturated heterocycles. The van der Waals surface area contributed by atoms with Crippen LogP contribution in [0.25, 0.3) is 0 Å². The summed E-state index contributed by atoms with van der Waals surface area (Å²) in [6.07, 6.45) is 5.16. The minimum atomic E-state index is -0.809. The average Bonchev–Trinajstić information content (AvgIpc) is 2.52. The molecule has 0 aromatic carbocycles. The molecule has 2 rings (SSSR count). The van der Waals surface area contributed by atoms with Crippen molar-refractivity contribution in [1.29, 1.82) is 0 Å². The third kappa shape index (κ3) is 3.96. The van der Waals surface area contributed by atoms with Crippen LogP contribution in [0.3, 0.4) is 0 Å². The second kappa shape index (κ2) is 7.24. The van der Waals surface area contributed by atoms with Gasteiger partial charge >= 0.3 is 5.97 Å². The highest BCUT2D eigenvalue weighted by molar-refractivity contribution is 5.95. The molecule has 0 radical (unpaired) electrons. The SMILES string of the molecule is CN(C)c1cc(C(=O)N2CCCCC2CCC(=O)O)ccn1. The highest BCUT2D eigenvalue weighted by Gasteiger charge is 2.28. The fourth-order valence-electron chi connectivity index (χ4n) is 2.82. The predicted molar refractivity (Wildman–Crippen MR) is 84.1 cm³/mol. The van der Waals surface area contributed by atoms with E-state index in [0.29, 0.717) is 18.5 Å². The maximum Gasteiger partial charge on any atom is 0.303 e. The molecule has 2 heterocycles. The molecule has 22 heavy (non-hydrogen) atoms. The van der Waals surface area contributed by atoms with E-state index in [9.17, 15) is 9.59 Å². The van der Waals surface area contributed by atoms with Crippen LogP contribution in [0, 0.1) is 0 Å². The van der Waals surface area contributed by atoms with Crippen LogP contribution < -0.4 is 4.90 Å². The Kier molecular flexibility index (Phi) is 5.35. The van der Waals surface area contributed by atoms with Crippen LogP contribution in [-0.4, -0.2) is 53.5 Å². The molecule has 120 valence electrons. The molecule has 6 nitrogen and oxygen atoms in total. The first kappa shape index (κ1) is 16.3. The van der Waals surface area contributed by atoms with E-state index in [0.717, 1.165) is 25.1 Å². The number of likely N-dealkylation sites (tertiary alicyclic amines) is 1. The van der Waals surface area contributed by atoms with Gasteiger partial charge in [0.05, 0.1) is 0 Å². The molecule has 1 N–H and O–H groups in total. The first-order valence-corrected chi connectivity index (χ1v) is 7.65. The number of aromatic nitrogens is 1. The van der Waals surface area contributed by atoms with Crippen LogP contribution >= 0.6 is 0 Å². The number of amides is 1. The van der Waals surface area contributed by atoms with Gasteiger partial charge in [0, 0.05) is 44.9 Å². The predicted octanol–water partition coefficient (Wildman–Crippen LogP) is 2.01. The van der Waals surface area contributed by atoms with Crippen LogP contribution in [0.1, 0.15) is 42.5 Å². The minimum Gasteiger partial charge on any atom is -0.481 e. The first-order chi connectivity index (χ1) is 10.5. The molecule has 1 fully saturated rings. The fraction of sp³-hybridized carbons (Fsp3) is 0.562. The molecule has 1 aromatic rings. The number of rotatable bonds is 5. The molecule has 0 aliphatic carbocycles. The summed E-state index contributed by atoms with van der Waals surface area (Å²) in [5.41, 5.74) is 0.612. The van der Waals surface area contributed by atoms with Crippen LogP contribution in [0.4, 0.5) is 5.82 Å². The molecular weight excluding hydrogens is 282 g/mol. The zero-order chi connectivity index (χ0) is 16.1. The number of nitrogens with zero attached hydrogens (tertiary/aromatic N) is 3. The van der Waals surface area contributed by atoms with E-state index >= 15 is 0 Å². The lowest BCUT2D eigenvalue weighted by atomic mass is 9.97. The smallest absolute Gasteiger partial charge is 0.303 e. The first-order valence-electron chi connectivity index (χ1n) is 7.65. The number of carbonyl (C=O) groups is 2. The van der Waals surface area contributed by atoms with Gasteiger partial charge in [-0.3, -0.25) is 9.59 Å². The van der Waals surface area contributed by atoms with Gasteiger partial charge in [0.25, 0.3) is 5.91 Å². The summed E-state index contributed by atoms with van der Waals surface area (Å²) in [4.78, 5) is 31.5. The zero-order valence-corrected chi connectivity index (χ0v) is 13.2. The van der Waals surface area contributed by atoms with Crippen molar-refractivity contribution < 1.29 is 14.7 Å². The summed E-state index contributed by atoms with van der Waals surface area (Å²) >= 11 is 0. The standard InChI is InChI=1S/C16H23N3O3/c1-18(2)14-11-12(8-9-17-14)16(22)19-10-4-3-5-13(19)6-7-15(20)21/h8-9,11,13H,3-7,10H2,1-2H3,(H,20,21). The lowest BCUT2D eigenvalue weighted by Gasteiger charge is -2.35. The number of pyridine rings is 1. The van der Waals surface area contributed by atoms with Gasteiger partial charge in [0.15, 0.2) is 0 Å². The maximum absolute atomic E-state index is 12.8. The topological polar surface area (TPSA) is 73.7 Å². The van der Waals surface area contributed by atoms with Crippen LogP contribution in [-0.2, 0) is 4.79 Å². The summed E-state index contributed by atoms with van der Waals surface area (Å²) in [5.74, 6) is -0.0951. The monoisotopic (exact) mass is 305 g/mol. The Balaban J connectivity index is 2.14. The molecule has 0 spiro atoms. The minimum absolute atomic E-state index is 0.0216. The Morgan fingerprint density at radius 3 is 2.86 bits per heavy atom. The van der Waals surface area contributed by atoms with Gasteiger partial charge in [-0.25, -0.2) is 4.98 Å².